The Hall–Kier alpha value is -2.90. The number of aromatic nitrogens is 7. The van der Waals surface area contributed by atoms with Crippen molar-refractivity contribution in [3.05, 3.63) is 35.1 Å². The molecule has 0 aliphatic heterocycles. The summed E-state index contributed by atoms with van der Waals surface area (Å²) in [5.74, 6) is 1.30. The Morgan fingerprint density at radius 1 is 1.31 bits per heavy atom. The molecule has 5 rings (SSSR count). The minimum Gasteiger partial charge on any atom is -0.332 e. The van der Waals surface area contributed by atoms with Crippen molar-refractivity contribution in [1.29, 1.82) is 0 Å². The molecule has 8 heteroatoms. The van der Waals surface area contributed by atoms with Gasteiger partial charge >= 0.3 is 0 Å². The summed E-state index contributed by atoms with van der Waals surface area (Å²) in [4.78, 5) is 25.2. The summed E-state index contributed by atoms with van der Waals surface area (Å²) in [6, 6.07) is 0.482. The maximum atomic E-state index is 12.9. The van der Waals surface area contributed by atoms with Crippen molar-refractivity contribution in [2.45, 2.75) is 51.6 Å². The van der Waals surface area contributed by atoms with Crippen molar-refractivity contribution in [3.8, 4) is 11.4 Å². The van der Waals surface area contributed by atoms with Crippen LogP contribution >= 0.6 is 0 Å². The monoisotopic (exact) mass is 351 g/mol. The predicted molar refractivity (Wildman–Crippen MR) is 98.1 cm³/mol. The first-order valence-electron chi connectivity index (χ1n) is 9.26. The lowest BCUT2D eigenvalue weighted by atomic mass is 10.2. The lowest BCUT2D eigenvalue weighted by Crippen LogP contribution is -2.23. The summed E-state index contributed by atoms with van der Waals surface area (Å²) in [7, 11) is 0. The van der Waals surface area contributed by atoms with E-state index in [1.54, 1.807) is 10.8 Å². The second-order valence-electron chi connectivity index (χ2n) is 6.99. The van der Waals surface area contributed by atoms with Crippen LogP contribution < -0.4 is 5.56 Å². The van der Waals surface area contributed by atoms with Gasteiger partial charge in [-0.15, -0.1) is 0 Å². The minimum atomic E-state index is -0.0810. The van der Waals surface area contributed by atoms with Crippen LogP contribution in [0.4, 0.5) is 0 Å². The van der Waals surface area contributed by atoms with Crippen molar-refractivity contribution in [3.63, 3.8) is 0 Å². The molecule has 0 atom stereocenters. The topological polar surface area (TPSA) is 85.8 Å². The van der Waals surface area contributed by atoms with Crippen molar-refractivity contribution in [1.82, 2.24) is 33.7 Å². The quantitative estimate of drug-likeness (QED) is 0.612. The highest BCUT2D eigenvalue weighted by Gasteiger charge is 2.20. The van der Waals surface area contributed by atoms with Crippen LogP contribution in [0.25, 0.3) is 28.3 Å². The second-order valence-corrected chi connectivity index (χ2v) is 6.99. The molecule has 134 valence electrons. The highest BCUT2D eigenvalue weighted by molar-refractivity contribution is 5.77. The molecule has 0 bridgehead atoms. The number of fused-ring (bicyclic) bond motifs is 3. The van der Waals surface area contributed by atoms with Gasteiger partial charge in [0.15, 0.2) is 11.2 Å². The van der Waals surface area contributed by atoms with Gasteiger partial charge < -0.3 is 4.98 Å². The van der Waals surface area contributed by atoms with E-state index in [4.69, 9.17) is 0 Å². The maximum absolute atomic E-state index is 12.9. The average Bonchev–Trinajstić information content (AvgIpc) is 3.42. The molecular formula is C18H21N7O. The van der Waals surface area contributed by atoms with Gasteiger partial charge in [0.25, 0.3) is 5.56 Å². The Morgan fingerprint density at radius 2 is 2.15 bits per heavy atom. The summed E-state index contributed by atoms with van der Waals surface area (Å²) >= 11 is 0. The van der Waals surface area contributed by atoms with Crippen LogP contribution in [-0.4, -0.2) is 33.7 Å². The van der Waals surface area contributed by atoms with Crippen LogP contribution in [0.1, 0.15) is 45.1 Å². The average molecular weight is 351 g/mol. The zero-order chi connectivity index (χ0) is 17.7. The van der Waals surface area contributed by atoms with E-state index < -0.39 is 0 Å². The predicted octanol–water partition coefficient (Wildman–Crippen LogP) is 2.76. The number of aryl methyl sites for hydroxylation is 1. The van der Waals surface area contributed by atoms with Crippen LogP contribution in [0.3, 0.4) is 0 Å². The van der Waals surface area contributed by atoms with Crippen LogP contribution in [0, 0.1) is 0 Å². The molecule has 0 radical (unpaired) electrons. The molecule has 0 saturated heterocycles. The first-order chi connectivity index (χ1) is 12.8. The van der Waals surface area contributed by atoms with Gasteiger partial charge in [-0.05, 0) is 19.3 Å². The van der Waals surface area contributed by atoms with E-state index in [9.17, 15) is 4.79 Å². The van der Waals surface area contributed by atoms with E-state index in [2.05, 4.69) is 20.1 Å². The fraction of sp³-hybridized carbons (Fsp3) is 0.444. The number of nitrogens with zero attached hydrogens (tertiary/aromatic N) is 6. The first-order valence-corrected chi connectivity index (χ1v) is 9.26. The van der Waals surface area contributed by atoms with Crippen LogP contribution in [-0.2, 0) is 6.54 Å². The van der Waals surface area contributed by atoms with Gasteiger partial charge in [-0.3, -0.25) is 18.4 Å². The minimum absolute atomic E-state index is 0.0810. The van der Waals surface area contributed by atoms with Crippen LogP contribution in [0.2, 0.25) is 0 Å². The zero-order valence-electron chi connectivity index (χ0n) is 14.7. The van der Waals surface area contributed by atoms with Crippen molar-refractivity contribution >= 4 is 16.9 Å². The molecule has 1 aliphatic carbocycles. The van der Waals surface area contributed by atoms with E-state index in [0.717, 1.165) is 12.0 Å². The Bertz CT molecular complexity index is 1140. The Kier molecular flexibility index (Phi) is 3.44. The van der Waals surface area contributed by atoms with Gasteiger partial charge in [-0.25, -0.2) is 9.97 Å². The molecule has 0 amide bonds. The van der Waals surface area contributed by atoms with Crippen molar-refractivity contribution < 1.29 is 0 Å². The third kappa shape index (κ3) is 2.21. The molecule has 1 aliphatic rings. The van der Waals surface area contributed by atoms with Gasteiger partial charge in [0.1, 0.15) is 5.82 Å². The van der Waals surface area contributed by atoms with E-state index in [1.165, 1.54) is 25.7 Å². The summed E-state index contributed by atoms with van der Waals surface area (Å²) in [6.45, 7) is 2.68. The van der Waals surface area contributed by atoms with Crippen LogP contribution in [0.5, 0.6) is 0 Å². The fourth-order valence-corrected chi connectivity index (χ4v) is 3.96. The molecule has 1 N–H and O–H groups in total. The molecule has 1 saturated carbocycles. The highest BCUT2D eigenvalue weighted by Crippen LogP contribution is 2.30. The van der Waals surface area contributed by atoms with Gasteiger partial charge in [0.2, 0.25) is 5.78 Å². The summed E-state index contributed by atoms with van der Waals surface area (Å²) in [6.07, 6.45) is 13.2. The summed E-state index contributed by atoms with van der Waals surface area (Å²) < 4.78 is 5.61. The first kappa shape index (κ1) is 15.4. The smallest absolute Gasteiger partial charge is 0.280 e. The number of H-pyrrole nitrogens is 1. The molecule has 4 aromatic rings. The molecule has 0 aromatic carbocycles. The van der Waals surface area contributed by atoms with Gasteiger partial charge in [-0.1, -0.05) is 19.8 Å². The fourth-order valence-electron chi connectivity index (χ4n) is 3.96. The Balaban J connectivity index is 1.66. The van der Waals surface area contributed by atoms with Crippen molar-refractivity contribution in [2.24, 2.45) is 0 Å². The SMILES string of the molecule is CCCn1c(=O)c2[nH]c(-c3cnn(C4CCCC4)c3)nc2n2ccnc12. The highest BCUT2D eigenvalue weighted by atomic mass is 16.1. The van der Waals surface area contributed by atoms with Gasteiger partial charge in [-0.2, -0.15) is 5.10 Å². The Labute approximate surface area is 149 Å². The van der Waals surface area contributed by atoms with Crippen molar-refractivity contribution in [2.75, 3.05) is 0 Å². The number of hydrogen-bond donors (Lipinski definition) is 1. The third-order valence-corrected chi connectivity index (χ3v) is 5.26. The molecule has 4 aromatic heterocycles. The van der Waals surface area contributed by atoms with E-state index in [0.29, 0.717) is 35.4 Å². The third-order valence-electron chi connectivity index (χ3n) is 5.26. The zero-order valence-corrected chi connectivity index (χ0v) is 14.7. The van der Waals surface area contributed by atoms with Gasteiger partial charge in [0, 0.05) is 25.1 Å². The molecule has 1 fully saturated rings. The number of rotatable bonds is 4. The molecule has 0 spiro atoms. The molecule has 0 unspecified atom stereocenters. The molecule has 26 heavy (non-hydrogen) atoms. The second kappa shape index (κ2) is 5.82. The number of hydrogen-bond acceptors (Lipinski definition) is 4. The largest absolute Gasteiger partial charge is 0.332 e. The lowest BCUT2D eigenvalue weighted by molar-refractivity contribution is 0.467. The van der Waals surface area contributed by atoms with E-state index in [1.807, 2.05) is 34.6 Å². The number of nitrogens with one attached hydrogen (secondary N) is 1. The summed E-state index contributed by atoms with van der Waals surface area (Å²) in [5.41, 5.74) is 1.94. The van der Waals surface area contributed by atoms with E-state index in [-0.39, 0.29) is 5.56 Å². The Morgan fingerprint density at radius 3 is 2.96 bits per heavy atom. The van der Waals surface area contributed by atoms with Crippen LogP contribution in [0.15, 0.2) is 29.6 Å². The maximum Gasteiger partial charge on any atom is 0.280 e. The number of aromatic amines is 1. The lowest BCUT2D eigenvalue weighted by Gasteiger charge is -2.08. The normalized spacial score (nSPS) is 15.6. The van der Waals surface area contributed by atoms with Gasteiger partial charge in [0.05, 0.1) is 17.8 Å². The summed E-state index contributed by atoms with van der Waals surface area (Å²) in [5, 5.41) is 4.52. The number of imidazole rings is 2. The molecule has 8 nitrogen and oxygen atoms in total. The molecule has 4 heterocycles. The van der Waals surface area contributed by atoms with E-state index >= 15 is 0 Å². The standard InChI is InChI=1S/C18H21N7O/c1-2-8-24-17(26)14-16(23-9-7-19-18(23)24)22-15(21-14)12-10-20-25(11-12)13-5-3-4-6-13/h7,9-11,13H,2-6,8H2,1H3,(H,21,22). The molecular weight excluding hydrogens is 330 g/mol.